The van der Waals surface area contributed by atoms with Crippen LogP contribution in [0.25, 0.3) is 0 Å². The molecule has 1 aromatic rings. The minimum atomic E-state index is -0.262. The second-order valence-electron chi connectivity index (χ2n) is 2.73. The summed E-state index contributed by atoms with van der Waals surface area (Å²) in [6, 6.07) is 4.32. The number of hydrogen-bond donors (Lipinski definition) is 1. The van der Waals surface area contributed by atoms with Gasteiger partial charge >= 0.3 is 0 Å². The van der Waals surface area contributed by atoms with Crippen molar-refractivity contribution >= 4 is 22.6 Å². The smallest absolute Gasteiger partial charge is 0.123 e. The van der Waals surface area contributed by atoms with Crippen molar-refractivity contribution in [3.8, 4) is 0 Å². The van der Waals surface area contributed by atoms with Crippen LogP contribution in [0.3, 0.4) is 0 Å². The molecule has 1 rings (SSSR count). The lowest BCUT2D eigenvalue weighted by Gasteiger charge is -2.12. The van der Waals surface area contributed by atoms with E-state index in [9.17, 15) is 4.39 Å². The summed E-state index contributed by atoms with van der Waals surface area (Å²) in [7, 11) is 1.58. The first-order valence-corrected chi connectivity index (χ1v) is 4.92. The van der Waals surface area contributed by atoms with Crippen LogP contribution in [0.5, 0.6) is 0 Å². The van der Waals surface area contributed by atoms with E-state index in [-0.39, 0.29) is 11.9 Å². The summed E-state index contributed by atoms with van der Waals surface area (Å²) in [4.78, 5) is 0. The quantitative estimate of drug-likeness (QED) is 0.867. The number of rotatable bonds is 3. The topological polar surface area (TPSA) is 35.2 Å². The Bertz CT molecular complexity index is 293. The molecule has 0 saturated heterocycles. The Hall–Kier alpha value is -0.200. The Balaban J connectivity index is 2.91. The molecule has 0 radical (unpaired) electrons. The standard InChI is InChI=1S/C9H11FINO/c1-13-5-9(12)7-4-6(10)2-3-8(7)11/h2-4,9H,5,12H2,1H3/t9-/m0/s1. The molecule has 0 amide bonds. The van der Waals surface area contributed by atoms with Crippen molar-refractivity contribution in [3.63, 3.8) is 0 Å². The fourth-order valence-electron chi connectivity index (χ4n) is 1.07. The normalized spacial score (nSPS) is 12.9. The SMILES string of the molecule is COC[C@H](N)c1cc(F)ccc1I. The highest BCUT2D eigenvalue weighted by atomic mass is 127. The molecule has 0 bridgehead atoms. The molecule has 0 aliphatic heterocycles. The molecular weight excluding hydrogens is 284 g/mol. The van der Waals surface area contributed by atoms with Gasteiger partial charge in [-0.1, -0.05) is 0 Å². The number of ether oxygens (including phenoxy) is 1. The number of methoxy groups -OCH3 is 1. The third-order valence-electron chi connectivity index (χ3n) is 1.70. The fraction of sp³-hybridized carbons (Fsp3) is 0.333. The largest absolute Gasteiger partial charge is 0.383 e. The van der Waals surface area contributed by atoms with Gasteiger partial charge in [0.15, 0.2) is 0 Å². The van der Waals surface area contributed by atoms with Crippen molar-refractivity contribution in [1.29, 1.82) is 0 Å². The number of nitrogens with two attached hydrogens (primary N) is 1. The molecule has 72 valence electrons. The predicted octanol–water partition coefficient (Wildman–Crippen LogP) is 2.08. The minimum absolute atomic E-state index is 0.257. The van der Waals surface area contributed by atoms with Crippen LogP contribution in [0, 0.1) is 9.39 Å². The molecule has 0 spiro atoms. The summed E-state index contributed by atoms with van der Waals surface area (Å²) in [5.74, 6) is -0.262. The lowest BCUT2D eigenvalue weighted by molar-refractivity contribution is 0.180. The molecule has 2 N–H and O–H groups in total. The molecule has 0 saturated carbocycles. The van der Waals surface area contributed by atoms with Gasteiger partial charge in [-0.25, -0.2) is 4.39 Å². The average Bonchev–Trinajstić information content (AvgIpc) is 2.09. The Morgan fingerprint density at radius 2 is 2.31 bits per heavy atom. The molecule has 0 heterocycles. The van der Waals surface area contributed by atoms with E-state index in [1.807, 2.05) is 0 Å². The second kappa shape index (κ2) is 4.88. The first kappa shape index (κ1) is 10.9. The highest BCUT2D eigenvalue weighted by Gasteiger charge is 2.10. The highest BCUT2D eigenvalue weighted by molar-refractivity contribution is 14.1. The molecule has 0 fully saturated rings. The van der Waals surface area contributed by atoms with Gasteiger partial charge in [0.25, 0.3) is 0 Å². The van der Waals surface area contributed by atoms with Crippen LogP contribution in [-0.2, 0) is 4.74 Å². The van der Waals surface area contributed by atoms with Gasteiger partial charge in [-0.2, -0.15) is 0 Å². The van der Waals surface area contributed by atoms with Crippen LogP contribution < -0.4 is 5.73 Å². The Labute approximate surface area is 90.4 Å². The second-order valence-corrected chi connectivity index (χ2v) is 3.89. The van der Waals surface area contributed by atoms with E-state index in [2.05, 4.69) is 22.6 Å². The van der Waals surface area contributed by atoms with E-state index >= 15 is 0 Å². The summed E-state index contributed by atoms with van der Waals surface area (Å²) in [6.45, 7) is 0.402. The lowest BCUT2D eigenvalue weighted by atomic mass is 10.1. The van der Waals surface area contributed by atoms with Crippen molar-refractivity contribution in [2.75, 3.05) is 13.7 Å². The maximum Gasteiger partial charge on any atom is 0.123 e. The van der Waals surface area contributed by atoms with Gasteiger partial charge in [0.1, 0.15) is 5.82 Å². The number of halogens is 2. The summed E-state index contributed by atoms with van der Waals surface area (Å²) < 4.78 is 18.7. The van der Waals surface area contributed by atoms with Gasteiger partial charge in [-0.05, 0) is 46.4 Å². The molecule has 4 heteroatoms. The van der Waals surface area contributed by atoms with Crippen LogP contribution in [0.1, 0.15) is 11.6 Å². The predicted molar refractivity (Wildman–Crippen MR) is 57.9 cm³/mol. The van der Waals surface area contributed by atoms with Crippen LogP contribution >= 0.6 is 22.6 Å². The van der Waals surface area contributed by atoms with E-state index in [1.165, 1.54) is 12.1 Å². The van der Waals surface area contributed by atoms with Crippen LogP contribution in [-0.4, -0.2) is 13.7 Å². The fourth-order valence-corrected chi connectivity index (χ4v) is 1.80. The molecule has 0 aromatic heterocycles. The average molecular weight is 295 g/mol. The van der Waals surface area contributed by atoms with Crippen LogP contribution in [0.2, 0.25) is 0 Å². The van der Waals surface area contributed by atoms with Crippen molar-refractivity contribution in [2.24, 2.45) is 5.73 Å². The zero-order chi connectivity index (χ0) is 9.84. The molecule has 2 nitrogen and oxygen atoms in total. The van der Waals surface area contributed by atoms with E-state index in [1.54, 1.807) is 13.2 Å². The maximum atomic E-state index is 12.8. The zero-order valence-electron chi connectivity index (χ0n) is 7.26. The van der Waals surface area contributed by atoms with E-state index in [4.69, 9.17) is 10.5 Å². The molecule has 1 atom stereocenters. The summed E-state index contributed by atoms with van der Waals surface area (Å²) >= 11 is 2.13. The van der Waals surface area contributed by atoms with E-state index in [0.717, 1.165) is 9.13 Å². The van der Waals surface area contributed by atoms with Crippen LogP contribution in [0.15, 0.2) is 18.2 Å². The Kier molecular flexibility index (Phi) is 4.08. The molecule has 13 heavy (non-hydrogen) atoms. The lowest BCUT2D eigenvalue weighted by Crippen LogP contribution is -2.17. The van der Waals surface area contributed by atoms with Crippen molar-refractivity contribution in [1.82, 2.24) is 0 Å². The molecule has 1 aromatic carbocycles. The first-order chi connectivity index (χ1) is 6.15. The third-order valence-corrected chi connectivity index (χ3v) is 2.69. The minimum Gasteiger partial charge on any atom is -0.383 e. The number of hydrogen-bond acceptors (Lipinski definition) is 2. The first-order valence-electron chi connectivity index (χ1n) is 3.84. The molecule has 0 unspecified atom stereocenters. The van der Waals surface area contributed by atoms with Crippen molar-refractivity contribution in [2.45, 2.75) is 6.04 Å². The molecule has 0 aliphatic carbocycles. The third kappa shape index (κ3) is 2.89. The monoisotopic (exact) mass is 295 g/mol. The van der Waals surface area contributed by atoms with Gasteiger partial charge in [0.2, 0.25) is 0 Å². The van der Waals surface area contributed by atoms with Gasteiger partial charge < -0.3 is 10.5 Å². The summed E-state index contributed by atoms with van der Waals surface area (Å²) in [6.07, 6.45) is 0. The van der Waals surface area contributed by atoms with Gasteiger partial charge in [0, 0.05) is 10.7 Å². The van der Waals surface area contributed by atoms with Crippen LogP contribution in [0.4, 0.5) is 4.39 Å². The van der Waals surface area contributed by atoms with E-state index < -0.39 is 0 Å². The Morgan fingerprint density at radius 1 is 1.62 bits per heavy atom. The molecule has 0 aliphatic rings. The van der Waals surface area contributed by atoms with E-state index in [0.29, 0.717) is 6.61 Å². The van der Waals surface area contributed by atoms with Gasteiger partial charge in [-0.3, -0.25) is 0 Å². The molecular formula is C9H11FINO. The summed E-state index contributed by atoms with van der Waals surface area (Å²) in [5.41, 5.74) is 6.57. The summed E-state index contributed by atoms with van der Waals surface area (Å²) in [5, 5.41) is 0. The van der Waals surface area contributed by atoms with Gasteiger partial charge in [-0.15, -0.1) is 0 Å². The number of benzene rings is 1. The maximum absolute atomic E-state index is 12.8. The van der Waals surface area contributed by atoms with Crippen molar-refractivity contribution in [3.05, 3.63) is 33.1 Å². The van der Waals surface area contributed by atoms with Gasteiger partial charge in [0.05, 0.1) is 12.6 Å². The Morgan fingerprint density at radius 3 is 2.92 bits per heavy atom. The highest BCUT2D eigenvalue weighted by Crippen LogP contribution is 2.19. The van der Waals surface area contributed by atoms with Crippen molar-refractivity contribution < 1.29 is 9.13 Å². The zero-order valence-corrected chi connectivity index (χ0v) is 9.42.